The second kappa shape index (κ2) is 11.6. The Morgan fingerprint density at radius 1 is 1.00 bits per heavy atom. The summed E-state index contributed by atoms with van der Waals surface area (Å²) in [5, 5.41) is -0.766. The van der Waals surface area contributed by atoms with Crippen molar-refractivity contribution in [3.05, 3.63) is 77.6 Å². The van der Waals surface area contributed by atoms with Gasteiger partial charge in [0.1, 0.15) is 28.3 Å². The lowest BCUT2D eigenvalue weighted by Gasteiger charge is -2.41. The molecule has 0 aromatic heterocycles. The van der Waals surface area contributed by atoms with E-state index in [2.05, 4.69) is 12.2 Å². The van der Waals surface area contributed by atoms with Crippen molar-refractivity contribution in [2.75, 3.05) is 6.61 Å². The molecule has 1 fully saturated rings. The monoisotopic (exact) mass is 608 g/mol. The number of esters is 1. The van der Waals surface area contributed by atoms with E-state index in [1.165, 1.54) is 13.8 Å². The van der Waals surface area contributed by atoms with Crippen molar-refractivity contribution in [1.82, 2.24) is 0 Å². The minimum absolute atomic E-state index is 0.0216. The molecule has 9 heteroatoms. The first kappa shape index (κ1) is 31.0. The van der Waals surface area contributed by atoms with Crippen molar-refractivity contribution in [2.24, 2.45) is 11.3 Å². The van der Waals surface area contributed by atoms with E-state index in [1.807, 2.05) is 48.5 Å². The minimum Gasteiger partial charge on any atom is -0.473 e. The van der Waals surface area contributed by atoms with E-state index in [1.54, 1.807) is 27.0 Å². The number of fused-ring (bicyclic) bond motifs is 3. The fourth-order valence-electron chi connectivity index (χ4n) is 5.91. The van der Waals surface area contributed by atoms with Crippen LogP contribution in [-0.2, 0) is 34.2 Å². The first-order valence-electron chi connectivity index (χ1n) is 14.8. The molecule has 8 nitrogen and oxygen atoms in total. The highest BCUT2D eigenvalue weighted by molar-refractivity contribution is 7.87. The number of carbonyl (C=O) groups excluding carboxylic acids is 2. The number of para-hydroxylation sites is 2. The quantitative estimate of drug-likeness (QED) is 0.190. The molecular formula is C34H40O8S. The summed E-state index contributed by atoms with van der Waals surface area (Å²) in [6.45, 7) is 7.07. The second-order valence-corrected chi connectivity index (χ2v) is 14.9. The molecule has 0 amide bonds. The lowest BCUT2D eigenvalue weighted by molar-refractivity contribution is -0.170. The van der Waals surface area contributed by atoms with Crippen LogP contribution in [0.4, 0.5) is 0 Å². The summed E-state index contributed by atoms with van der Waals surface area (Å²) in [4.78, 5) is 25.3. The molecule has 4 atom stereocenters. The average Bonchev–Trinajstić information content (AvgIpc) is 2.96. The van der Waals surface area contributed by atoms with E-state index in [-0.39, 0.29) is 5.92 Å². The molecular weight excluding hydrogens is 568 g/mol. The molecule has 230 valence electrons. The largest absolute Gasteiger partial charge is 0.473 e. The molecule has 1 spiro atoms. The number of carbonyl (C=O) groups is 2. The maximum atomic E-state index is 13.4. The molecule has 1 aliphatic carbocycles. The highest BCUT2D eigenvalue weighted by Crippen LogP contribution is 2.50. The van der Waals surface area contributed by atoms with Crippen LogP contribution in [0, 0.1) is 11.3 Å². The van der Waals surface area contributed by atoms with Crippen LogP contribution < -0.4 is 9.47 Å². The van der Waals surface area contributed by atoms with Crippen molar-refractivity contribution in [3.8, 4) is 11.5 Å². The lowest BCUT2D eigenvalue weighted by atomic mass is 9.75. The molecule has 1 saturated carbocycles. The van der Waals surface area contributed by atoms with Gasteiger partial charge < -0.3 is 14.2 Å². The van der Waals surface area contributed by atoms with Gasteiger partial charge in [-0.05, 0) is 78.0 Å². The topological polar surface area (TPSA) is 105 Å². The van der Waals surface area contributed by atoms with Crippen LogP contribution in [0.3, 0.4) is 0 Å². The van der Waals surface area contributed by atoms with Crippen LogP contribution in [0.2, 0.25) is 0 Å². The Morgan fingerprint density at radius 3 is 2.42 bits per heavy atom. The predicted molar refractivity (Wildman–Crippen MR) is 163 cm³/mol. The number of ether oxygens (including phenoxy) is 3. The normalized spacial score (nSPS) is 24.4. The van der Waals surface area contributed by atoms with E-state index in [9.17, 15) is 18.0 Å². The summed E-state index contributed by atoms with van der Waals surface area (Å²) < 4.78 is 50.5. The van der Waals surface area contributed by atoms with E-state index < -0.39 is 50.3 Å². The third kappa shape index (κ3) is 6.29. The van der Waals surface area contributed by atoms with Crippen molar-refractivity contribution >= 4 is 27.9 Å². The lowest BCUT2D eigenvalue weighted by Crippen LogP contribution is -2.45. The molecule has 0 saturated heterocycles. The Kier molecular flexibility index (Phi) is 8.35. The molecule has 2 aliphatic heterocycles. The van der Waals surface area contributed by atoms with Gasteiger partial charge in [-0.15, -0.1) is 0 Å². The zero-order valence-corrected chi connectivity index (χ0v) is 26.2. The van der Waals surface area contributed by atoms with E-state index in [0.717, 1.165) is 28.9 Å². The van der Waals surface area contributed by atoms with Gasteiger partial charge in [-0.3, -0.25) is 13.8 Å². The molecule has 3 aliphatic rings. The summed E-state index contributed by atoms with van der Waals surface area (Å²) in [5.41, 5.74) is -0.650. The second-order valence-electron chi connectivity index (χ2n) is 13.0. The van der Waals surface area contributed by atoms with Gasteiger partial charge in [-0.2, -0.15) is 8.42 Å². The minimum atomic E-state index is -4.08. The van der Waals surface area contributed by atoms with E-state index in [0.29, 0.717) is 31.4 Å². The van der Waals surface area contributed by atoms with Gasteiger partial charge >= 0.3 is 5.97 Å². The maximum absolute atomic E-state index is 13.4. The van der Waals surface area contributed by atoms with Crippen LogP contribution in [-0.4, -0.2) is 37.6 Å². The van der Waals surface area contributed by atoms with Crippen LogP contribution in [0.1, 0.15) is 77.8 Å². The Bertz CT molecular complexity index is 1570. The number of benzene rings is 2. The Hall–Kier alpha value is -3.43. The summed E-state index contributed by atoms with van der Waals surface area (Å²) in [6, 6.07) is 15.6. The van der Waals surface area contributed by atoms with Gasteiger partial charge in [0.2, 0.25) is 0 Å². The Morgan fingerprint density at radius 2 is 1.70 bits per heavy atom. The van der Waals surface area contributed by atoms with Gasteiger partial charge in [0.15, 0.2) is 5.60 Å². The fraction of sp³-hybridized carbons (Fsp3) is 0.471. The molecule has 0 radical (unpaired) electrons. The van der Waals surface area contributed by atoms with Crippen molar-refractivity contribution < 1.29 is 36.4 Å². The van der Waals surface area contributed by atoms with Gasteiger partial charge in [0.05, 0.1) is 18.1 Å². The van der Waals surface area contributed by atoms with Gasteiger partial charge in [0, 0.05) is 16.7 Å². The van der Waals surface area contributed by atoms with E-state index in [4.69, 9.17) is 18.4 Å². The maximum Gasteiger partial charge on any atom is 0.322 e. The number of ketones is 1. The van der Waals surface area contributed by atoms with Crippen LogP contribution in [0.15, 0.2) is 66.4 Å². The Balaban J connectivity index is 1.33. The third-order valence-corrected chi connectivity index (χ3v) is 10.3. The molecule has 0 N–H and O–H groups in total. The molecule has 0 bridgehead atoms. The predicted octanol–water partition coefficient (Wildman–Crippen LogP) is 6.50. The van der Waals surface area contributed by atoms with Crippen LogP contribution >= 0.6 is 0 Å². The van der Waals surface area contributed by atoms with Crippen molar-refractivity contribution in [3.63, 3.8) is 0 Å². The molecule has 43 heavy (non-hydrogen) atoms. The first-order valence-corrected chi connectivity index (χ1v) is 16.3. The summed E-state index contributed by atoms with van der Waals surface area (Å²) in [6.07, 6.45) is 8.78. The molecule has 2 heterocycles. The molecule has 5 rings (SSSR count). The summed E-state index contributed by atoms with van der Waals surface area (Å²) in [5.74, 6) is 0.180. The fourth-order valence-corrected chi connectivity index (χ4v) is 7.46. The molecule has 2 aromatic rings. The Labute approximate surface area is 254 Å². The summed E-state index contributed by atoms with van der Waals surface area (Å²) in [7, 11) is -4.08. The molecule has 2 aromatic carbocycles. The number of Topliss-reactive ketones (excluding diaryl/α,β-unsaturated/α-hetero) is 1. The zero-order valence-electron chi connectivity index (χ0n) is 25.4. The first-order chi connectivity index (χ1) is 20.2. The molecule has 4 unspecified atom stereocenters. The van der Waals surface area contributed by atoms with Crippen LogP contribution in [0.25, 0.3) is 6.08 Å². The zero-order chi connectivity index (χ0) is 31.0. The number of hydrogen-bond acceptors (Lipinski definition) is 8. The van der Waals surface area contributed by atoms with Crippen molar-refractivity contribution in [1.29, 1.82) is 0 Å². The van der Waals surface area contributed by atoms with Gasteiger partial charge in [-0.25, -0.2) is 0 Å². The SMILES string of the molecule is CC(=O)C(C)(COS(=O)(=O)C1CCCC(CC2=COc3ccccc3C23C=Cc2ccccc2O3)C1)C(=O)OC(C)(C)C. The van der Waals surface area contributed by atoms with E-state index >= 15 is 0 Å². The van der Waals surface area contributed by atoms with Gasteiger partial charge in [-0.1, -0.05) is 55.3 Å². The van der Waals surface area contributed by atoms with Crippen LogP contribution in [0.5, 0.6) is 11.5 Å². The van der Waals surface area contributed by atoms with Gasteiger partial charge in [0.25, 0.3) is 10.1 Å². The number of rotatable bonds is 8. The average molecular weight is 609 g/mol. The van der Waals surface area contributed by atoms with Crippen molar-refractivity contribution in [2.45, 2.75) is 83.2 Å². The summed E-state index contributed by atoms with van der Waals surface area (Å²) >= 11 is 0. The highest BCUT2D eigenvalue weighted by atomic mass is 32.2. The highest BCUT2D eigenvalue weighted by Gasteiger charge is 2.47. The number of hydrogen-bond donors (Lipinski definition) is 0. The third-order valence-electron chi connectivity index (χ3n) is 8.57. The smallest absolute Gasteiger partial charge is 0.322 e. The standard InChI is InChI=1S/C34H40O8S/c1-23(35)33(5,31(36)42-32(2,3)4)22-40-43(37,38)27-13-10-11-24(20-27)19-26-21-39-30-16-9-7-14-28(30)34(26)18-17-25-12-6-8-15-29(25)41-34/h6-9,12,14-18,21,24,27H,10-11,13,19-20,22H2,1-5H3.